The summed E-state index contributed by atoms with van der Waals surface area (Å²) < 4.78 is 5.56. The highest BCUT2D eigenvalue weighted by Gasteiger charge is 2.17. The third-order valence-corrected chi connectivity index (χ3v) is 4.29. The Labute approximate surface area is 120 Å². The minimum absolute atomic E-state index is 0.0693. The van der Waals surface area contributed by atoms with Crippen molar-refractivity contribution in [3.8, 4) is 5.75 Å². The maximum absolute atomic E-state index is 6.49. The summed E-state index contributed by atoms with van der Waals surface area (Å²) in [4.78, 5) is 0. The summed E-state index contributed by atoms with van der Waals surface area (Å²) >= 11 is 0. The van der Waals surface area contributed by atoms with Gasteiger partial charge in [-0.25, -0.2) is 0 Å². The minimum atomic E-state index is -0.0693. The van der Waals surface area contributed by atoms with E-state index in [4.69, 9.17) is 10.5 Å². The van der Waals surface area contributed by atoms with E-state index < -0.39 is 0 Å². The Balaban J connectivity index is 2.00. The van der Waals surface area contributed by atoms with Gasteiger partial charge in [0.1, 0.15) is 5.75 Å². The first-order valence-electron chi connectivity index (χ1n) is 7.15. The van der Waals surface area contributed by atoms with Crippen LogP contribution < -0.4 is 10.5 Å². The van der Waals surface area contributed by atoms with Gasteiger partial charge in [-0.05, 0) is 60.2 Å². The lowest BCUT2D eigenvalue weighted by Gasteiger charge is -2.18. The standard InChI is InChI=1S/C18H21NO/c1-11-8-13(3)16(9-12(11)2)18(19)15-4-5-17-14(10-15)6-7-20-17/h4-5,8-10,18H,6-7,19H2,1-3H3. The van der Waals surface area contributed by atoms with Crippen molar-refractivity contribution in [2.75, 3.05) is 6.61 Å². The number of hydrogen-bond donors (Lipinski definition) is 1. The van der Waals surface area contributed by atoms with Gasteiger partial charge < -0.3 is 10.5 Å². The molecule has 20 heavy (non-hydrogen) atoms. The summed E-state index contributed by atoms with van der Waals surface area (Å²) in [5.74, 6) is 1.01. The van der Waals surface area contributed by atoms with Crippen molar-refractivity contribution < 1.29 is 4.74 Å². The summed E-state index contributed by atoms with van der Waals surface area (Å²) in [6, 6.07) is 10.7. The molecule has 0 aromatic heterocycles. The van der Waals surface area contributed by atoms with Crippen molar-refractivity contribution in [3.05, 3.63) is 63.7 Å². The first kappa shape index (κ1) is 13.2. The lowest BCUT2D eigenvalue weighted by molar-refractivity contribution is 0.357. The molecule has 1 unspecified atom stereocenters. The normalized spacial score (nSPS) is 14.8. The van der Waals surface area contributed by atoms with E-state index in [0.29, 0.717) is 0 Å². The van der Waals surface area contributed by atoms with Crippen molar-refractivity contribution in [2.45, 2.75) is 33.2 Å². The predicted molar refractivity (Wildman–Crippen MR) is 82.3 cm³/mol. The molecule has 2 N–H and O–H groups in total. The first-order chi connectivity index (χ1) is 9.56. The van der Waals surface area contributed by atoms with Crippen molar-refractivity contribution in [3.63, 3.8) is 0 Å². The van der Waals surface area contributed by atoms with E-state index in [-0.39, 0.29) is 6.04 Å². The quantitative estimate of drug-likeness (QED) is 0.902. The van der Waals surface area contributed by atoms with Gasteiger partial charge in [0.25, 0.3) is 0 Å². The molecule has 0 bridgehead atoms. The monoisotopic (exact) mass is 267 g/mol. The van der Waals surface area contributed by atoms with E-state index in [1.54, 1.807) is 0 Å². The van der Waals surface area contributed by atoms with E-state index in [9.17, 15) is 0 Å². The molecule has 104 valence electrons. The van der Waals surface area contributed by atoms with Crippen LogP contribution in [0.15, 0.2) is 30.3 Å². The third-order valence-electron chi connectivity index (χ3n) is 4.29. The maximum atomic E-state index is 6.49. The first-order valence-corrected chi connectivity index (χ1v) is 7.15. The number of nitrogens with two attached hydrogens (primary N) is 1. The topological polar surface area (TPSA) is 35.2 Å². The molecule has 1 atom stereocenters. The fourth-order valence-corrected chi connectivity index (χ4v) is 2.90. The lowest BCUT2D eigenvalue weighted by Crippen LogP contribution is -2.14. The third kappa shape index (κ3) is 2.20. The van der Waals surface area contributed by atoms with Gasteiger partial charge >= 0.3 is 0 Å². The molecule has 0 saturated heterocycles. The van der Waals surface area contributed by atoms with E-state index in [2.05, 4.69) is 45.0 Å². The van der Waals surface area contributed by atoms with Crippen molar-refractivity contribution in [1.29, 1.82) is 0 Å². The molecule has 0 radical (unpaired) electrons. The Hall–Kier alpha value is -1.80. The van der Waals surface area contributed by atoms with Gasteiger partial charge in [-0.3, -0.25) is 0 Å². The zero-order chi connectivity index (χ0) is 14.3. The van der Waals surface area contributed by atoms with Gasteiger partial charge in [0.2, 0.25) is 0 Å². The lowest BCUT2D eigenvalue weighted by atomic mass is 9.91. The highest BCUT2D eigenvalue weighted by molar-refractivity contribution is 5.46. The maximum Gasteiger partial charge on any atom is 0.122 e. The van der Waals surface area contributed by atoms with Crippen LogP contribution in [0.1, 0.15) is 39.4 Å². The number of ether oxygens (including phenoxy) is 1. The van der Waals surface area contributed by atoms with Gasteiger partial charge in [0, 0.05) is 6.42 Å². The molecule has 0 fully saturated rings. The Morgan fingerprint density at radius 1 is 1.00 bits per heavy atom. The molecule has 0 amide bonds. The predicted octanol–water partition coefficient (Wildman–Crippen LogP) is 3.59. The number of aryl methyl sites for hydroxylation is 3. The van der Waals surface area contributed by atoms with Crippen molar-refractivity contribution in [2.24, 2.45) is 5.73 Å². The second-order valence-corrected chi connectivity index (χ2v) is 5.74. The van der Waals surface area contributed by atoms with E-state index >= 15 is 0 Å². The van der Waals surface area contributed by atoms with Crippen molar-refractivity contribution >= 4 is 0 Å². The number of hydrogen-bond acceptors (Lipinski definition) is 2. The molecule has 1 aliphatic heterocycles. The smallest absolute Gasteiger partial charge is 0.122 e. The Kier molecular flexibility index (Phi) is 3.27. The van der Waals surface area contributed by atoms with Crippen LogP contribution in [0.25, 0.3) is 0 Å². The number of fused-ring (bicyclic) bond motifs is 1. The fourth-order valence-electron chi connectivity index (χ4n) is 2.90. The minimum Gasteiger partial charge on any atom is -0.493 e. The number of rotatable bonds is 2. The van der Waals surface area contributed by atoms with Crippen LogP contribution in [0.4, 0.5) is 0 Å². The second kappa shape index (κ2) is 4.95. The summed E-state index contributed by atoms with van der Waals surface area (Å²) in [6.45, 7) is 7.21. The van der Waals surface area contributed by atoms with Gasteiger partial charge in [0.05, 0.1) is 12.6 Å². The van der Waals surface area contributed by atoms with Gasteiger partial charge in [-0.2, -0.15) is 0 Å². The van der Waals surface area contributed by atoms with Crippen LogP contribution in [0, 0.1) is 20.8 Å². The molecule has 2 aromatic rings. The van der Waals surface area contributed by atoms with Crippen molar-refractivity contribution in [1.82, 2.24) is 0 Å². The highest BCUT2D eigenvalue weighted by Crippen LogP contribution is 2.31. The van der Waals surface area contributed by atoms with Gasteiger partial charge in [-0.1, -0.05) is 24.3 Å². The fraction of sp³-hybridized carbons (Fsp3) is 0.333. The average molecular weight is 267 g/mol. The van der Waals surface area contributed by atoms with E-state index in [1.807, 2.05) is 6.07 Å². The van der Waals surface area contributed by atoms with Crippen LogP contribution in [-0.4, -0.2) is 6.61 Å². The zero-order valence-electron chi connectivity index (χ0n) is 12.4. The summed E-state index contributed by atoms with van der Waals surface area (Å²) in [7, 11) is 0. The molecule has 2 aromatic carbocycles. The van der Waals surface area contributed by atoms with Crippen LogP contribution in [-0.2, 0) is 6.42 Å². The second-order valence-electron chi connectivity index (χ2n) is 5.74. The zero-order valence-corrected chi connectivity index (χ0v) is 12.4. The van der Waals surface area contributed by atoms with E-state index in [1.165, 1.54) is 33.4 Å². The number of benzene rings is 2. The Bertz CT molecular complexity index is 661. The van der Waals surface area contributed by atoms with Gasteiger partial charge in [0.15, 0.2) is 0 Å². The molecular formula is C18H21NO. The average Bonchev–Trinajstić information content (AvgIpc) is 2.89. The van der Waals surface area contributed by atoms with Crippen LogP contribution in [0.2, 0.25) is 0 Å². The Morgan fingerprint density at radius 3 is 2.55 bits per heavy atom. The molecular weight excluding hydrogens is 246 g/mol. The molecule has 2 heteroatoms. The summed E-state index contributed by atoms with van der Waals surface area (Å²) in [6.07, 6.45) is 0.988. The largest absolute Gasteiger partial charge is 0.493 e. The molecule has 3 rings (SSSR count). The molecule has 1 heterocycles. The Morgan fingerprint density at radius 2 is 1.75 bits per heavy atom. The highest BCUT2D eigenvalue weighted by atomic mass is 16.5. The van der Waals surface area contributed by atoms with Crippen LogP contribution in [0.3, 0.4) is 0 Å². The SMILES string of the molecule is Cc1cc(C)c(C(N)c2ccc3c(c2)CCO3)cc1C. The molecule has 0 aliphatic carbocycles. The van der Waals surface area contributed by atoms with Gasteiger partial charge in [-0.15, -0.1) is 0 Å². The molecule has 2 nitrogen and oxygen atoms in total. The molecule has 1 aliphatic rings. The van der Waals surface area contributed by atoms with E-state index in [0.717, 1.165) is 18.8 Å². The molecule has 0 saturated carbocycles. The molecule has 0 spiro atoms. The summed E-state index contributed by atoms with van der Waals surface area (Å²) in [5, 5.41) is 0. The summed E-state index contributed by atoms with van der Waals surface area (Å²) in [5.41, 5.74) is 14.0. The van der Waals surface area contributed by atoms with Crippen LogP contribution in [0.5, 0.6) is 5.75 Å². The van der Waals surface area contributed by atoms with Crippen LogP contribution >= 0.6 is 0 Å².